The molecule has 1 aliphatic rings. The molecule has 0 unspecified atom stereocenters. The van der Waals surface area contributed by atoms with Gasteiger partial charge in [0, 0.05) is 52.1 Å². The Labute approximate surface area is 418 Å². The lowest BCUT2D eigenvalue weighted by molar-refractivity contribution is -0.145. The Balaban J connectivity index is 1.01. The van der Waals surface area contributed by atoms with Crippen LogP contribution in [0.4, 0.5) is 0 Å². The largest absolute Gasteiger partial charge is 0.463 e. The van der Waals surface area contributed by atoms with Crippen molar-refractivity contribution in [1.82, 2.24) is 9.80 Å². The monoisotopic (exact) mass is 987 g/mol. The SMILES string of the molecule is CCCCCCCCC(=O)Oc1ccc(CC(=O)OCCOCCOCCOCCN2CCN(CCOCCOCCOCCOC(=O)Cc3ccc(OC(=O)CCCCCCCC)cc3)CC2)cc1. The molecule has 0 atom stereocenters. The van der Waals surface area contributed by atoms with Crippen molar-refractivity contribution < 1.29 is 66.5 Å². The average Bonchev–Trinajstić information content (AvgIpc) is 3.36. The van der Waals surface area contributed by atoms with Crippen molar-refractivity contribution in [2.75, 3.05) is 132 Å². The Bertz CT molecular complexity index is 1500. The zero-order chi connectivity index (χ0) is 50.0. The van der Waals surface area contributed by atoms with Crippen molar-refractivity contribution in [3.05, 3.63) is 59.7 Å². The first-order valence-corrected chi connectivity index (χ1v) is 26.2. The van der Waals surface area contributed by atoms with Gasteiger partial charge in [-0.25, -0.2) is 0 Å². The van der Waals surface area contributed by atoms with Crippen LogP contribution in [0.15, 0.2) is 48.5 Å². The maximum Gasteiger partial charge on any atom is 0.311 e. The van der Waals surface area contributed by atoms with Crippen molar-refractivity contribution in [2.45, 2.75) is 117 Å². The molecule has 1 saturated heterocycles. The summed E-state index contributed by atoms with van der Waals surface area (Å²) in [5.41, 5.74) is 1.57. The number of carbonyl (C=O) groups excluding carboxylic acids is 4. The third kappa shape index (κ3) is 32.8. The van der Waals surface area contributed by atoms with Gasteiger partial charge in [0.1, 0.15) is 24.7 Å². The normalized spacial score (nSPS) is 13.1. The molecule has 0 aromatic heterocycles. The number of rotatable bonds is 44. The van der Waals surface area contributed by atoms with Crippen LogP contribution in [0.5, 0.6) is 11.5 Å². The summed E-state index contributed by atoms with van der Waals surface area (Å²) in [7, 11) is 0. The van der Waals surface area contributed by atoms with E-state index in [1.165, 1.54) is 38.5 Å². The van der Waals surface area contributed by atoms with Gasteiger partial charge in [-0.15, -0.1) is 0 Å². The number of piperazine rings is 1. The van der Waals surface area contributed by atoms with E-state index in [-0.39, 0.29) is 49.9 Å². The fraction of sp³-hybridized carbons (Fsp3) is 0.704. The van der Waals surface area contributed by atoms with Crippen molar-refractivity contribution in [3.8, 4) is 11.5 Å². The molecule has 1 fully saturated rings. The van der Waals surface area contributed by atoms with E-state index < -0.39 is 0 Å². The minimum absolute atomic E-state index is 0.132. The third-order valence-electron chi connectivity index (χ3n) is 11.5. The number of hydrogen-bond acceptors (Lipinski definition) is 16. The predicted molar refractivity (Wildman–Crippen MR) is 267 cm³/mol. The van der Waals surface area contributed by atoms with Gasteiger partial charge in [0.15, 0.2) is 0 Å². The van der Waals surface area contributed by atoms with Gasteiger partial charge in [0.25, 0.3) is 0 Å². The Morgan fingerprint density at radius 3 is 1.01 bits per heavy atom. The highest BCUT2D eigenvalue weighted by molar-refractivity contribution is 5.74. The molecule has 0 radical (unpaired) electrons. The molecule has 0 bridgehead atoms. The molecule has 1 aliphatic heterocycles. The van der Waals surface area contributed by atoms with Gasteiger partial charge in [-0.2, -0.15) is 0 Å². The summed E-state index contributed by atoms with van der Waals surface area (Å²) in [6.45, 7) is 16.0. The van der Waals surface area contributed by atoms with E-state index in [0.717, 1.165) is 88.9 Å². The zero-order valence-electron chi connectivity index (χ0n) is 42.7. The number of carbonyl (C=O) groups is 4. The van der Waals surface area contributed by atoms with Crippen LogP contribution in [0.1, 0.15) is 115 Å². The second kappa shape index (κ2) is 41.6. The molecule has 0 saturated carbocycles. The molecule has 3 rings (SSSR count). The minimum Gasteiger partial charge on any atom is -0.463 e. The van der Waals surface area contributed by atoms with E-state index in [4.69, 9.17) is 47.4 Å². The quantitative estimate of drug-likeness (QED) is 0.0362. The van der Waals surface area contributed by atoms with E-state index in [9.17, 15) is 19.2 Å². The lowest BCUT2D eigenvalue weighted by Crippen LogP contribution is -2.48. The molecular weight excluding hydrogens is 901 g/mol. The fourth-order valence-electron chi connectivity index (χ4n) is 7.39. The first-order valence-electron chi connectivity index (χ1n) is 26.2. The Hall–Kier alpha value is -4.00. The molecule has 1 heterocycles. The summed E-state index contributed by atoms with van der Waals surface area (Å²) < 4.78 is 55.1. The Morgan fingerprint density at radius 1 is 0.371 bits per heavy atom. The molecule has 2 aromatic rings. The van der Waals surface area contributed by atoms with Crippen molar-refractivity contribution in [2.24, 2.45) is 0 Å². The number of esters is 4. The maximum atomic E-state index is 12.2. The van der Waals surface area contributed by atoms with Crippen LogP contribution in [0.25, 0.3) is 0 Å². The molecule has 2 aromatic carbocycles. The standard InChI is InChI=1S/C54H86N2O14/c1-3-5-7-9-11-13-15-51(57)69-49-21-17-47(18-22-49)45-53(59)67-43-41-65-39-37-63-35-33-61-31-29-55-25-27-56(28-26-55)30-32-62-34-36-64-38-40-66-42-44-68-54(60)46-48-19-23-50(24-20-48)70-52(58)16-14-12-10-8-6-4-2/h17-24H,3-16,25-46H2,1-2H3. The van der Waals surface area contributed by atoms with Crippen LogP contribution in [-0.4, -0.2) is 165 Å². The van der Waals surface area contributed by atoms with E-state index in [2.05, 4.69) is 23.6 Å². The average molecular weight is 987 g/mol. The molecule has 16 heteroatoms. The second-order valence-electron chi connectivity index (χ2n) is 17.4. The molecule has 70 heavy (non-hydrogen) atoms. The van der Waals surface area contributed by atoms with Gasteiger partial charge in [0.2, 0.25) is 0 Å². The number of unbranched alkanes of at least 4 members (excludes halogenated alkanes) is 10. The van der Waals surface area contributed by atoms with Crippen LogP contribution < -0.4 is 9.47 Å². The van der Waals surface area contributed by atoms with Crippen molar-refractivity contribution in [3.63, 3.8) is 0 Å². The second-order valence-corrected chi connectivity index (χ2v) is 17.4. The number of ether oxygens (including phenoxy) is 10. The highest BCUT2D eigenvalue weighted by Crippen LogP contribution is 2.17. The van der Waals surface area contributed by atoms with Crippen LogP contribution in [-0.2, 0) is 69.9 Å². The van der Waals surface area contributed by atoms with E-state index >= 15 is 0 Å². The lowest BCUT2D eigenvalue weighted by Gasteiger charge is -2.34. The summed E-state index contributed by atoms with van der Waals surface area (Å²) in [5.74, 6) is -0.179. The van der Waals surface area contributed by atoms with Gasteiger partial charge in [-0.05, 0) is 48.2 Å². The topological polar surface area (TPSA) is 167 Å². The van der Waals surface area contributed by atoms with E-state index in [1.807, 2.05) is 0 Å². The summed E-state index contributed by atoms with van der Waals surface area (Å²) in [6.07, 6.45) is 14.5. The highest BCUT2D eigenvalue weighted by atomic mass is 16.6. The number of hydrogen-bond donors (Lipinski definition) is 0. The molecule has 0 amide bonds. The number of nitrogens with zero attached hydrogens (tertiary/aromatic N) is 2. The Kier molecular flexibility index (Phi) is 35.8. The molecule has 0 spiro atoms. The fourth-order valence-corrected chi connectivity index (χ4v) is 7.39. The summed E-state index contributed by atoms with van der Waals surface area (Å²) >= 11 is 0. The first kappa shape index (κ1) is 60.3. The molecular formula is C54H86N2O14. The first-order chi connectivity index (χ1) is 34.3. The van der Waals surface area contributed by atoms with Crippen LogP contribution >= 0.6 is 0 Å². The molecule has 0 N–H and O–H groups in total. The van der Waals surface area contributed by atoms with Crippen LogP contribution in [0, 0.1) is 0 Å². The maximum absolute atomic E-state index is 12.2. The predicted octanol–water partition coefficient (Wildman–Crippen LogP) is 7.59. The Morgan fingerprint density at radius 2 is 0.671 bits per heavy atom. The summed E-state index contributed by atoms with van der Waals surface area (Å²) in [5, 5.41) is 0. The summed E-state index contributed by atoms with van der Waals surface area (Å²) in [4.78, 5) is 53.4. The molecule has 0 aliphatic carbocycles. The van der Waals surface area contributed by atoms with E-state index in [0.29, 0.717) is 104 Å². The van der Waals surface area contributed by atoms with Crippen molar-refractivity contribution in [1.29, 1.82) is 0 Å². The third-order valence-corrected chi connectivity index (χ3v) is 11.5. The van der Waals surface area contributed by atoms with Gasteiger partial charge in [-0.1, -0.05) is 102 Å². The lowest BCUT2D eigenvalue weighted by atomic mass is 10.1. The summed E-state index contributed by atoms with van der Waals surface area (Å²) in [6, 6.07) is 13.9. The van der Waals surface area contributed by atoms with Gasteiger partial charge >= 0.3 is 23.9 Å². The van der Waals surface area contributed by atoms with E-state index in [1.54, 1.807) is 48.5 Å². The minimum atomic E-state index is -0.343. The number of benzene rings is 2. The molecule has 16 nitrogen and oxygen atoms in total. The van der Waals surface area contributed by atoms with Crippen molar-refractivity contribution >= 4 is 23.9 Å². The molecule has 396 valence electrons. The van der Waals surface area contributed by atoms with Gasteiger partial charge in [0.05, 0.1) is 92.1 Å². The van der Waals surface area contributed by atoms with Crippen LogP contribution in [0.3, 0.4) is 0 Å². The van der Waals surface area contributed by atoms with Crippen LogP contribution in [0.2, 0.25) is 0 Å². The zero-order valence-corrected chi connectivity index (χ0v) is 42.7. The van der Waals surface area contributed by atoms with Gasteiger partial charge < -0.3 is 47.4 Å². The highest BCUT2D eigenvalue weighted by Gasteiger charge is 2.16. The smallest absolute Gasteiger partial charge is 0.311 e. The van der Waals surface area contributed by atoms with Gasteiger partial charge in [-0.3, -0.25) is 29.0 Å².